The van der Waals surface area contributed by atoms with Gasteiger partial charge in [0, 0.05) is 12.2 Å². The Bertz CT molecular complexity index is 579. The molecule has 1 N–H and O–H groups in total. The number of likely N-dealkylation sites (tertiary alicyclic amines) is 1. The Morgan fingerprint density at radius 3 is 2.85 bits per heavy atom. The van der Waals surface area contributed by atoms with Gasteiger partial charge in [-0.2, -0.15) is 0 Å². The molecule has 1 aromatic carbocycles. The zero-order valence-corrected chi connectivity index (χ0v) is 11.9. The number of hydrogen-bond donors (Lipinski definition) is 1. The zero-order chi connectivity index (χ0) is 13.8. The van der Waals surface area contributed by atoms with Crippen molar-refractivity contribution in [3.05, 3.63) is 40.9 Å². The van der Waals surface area contributed by atoms with Crippen LogP contribution in [0.25, 0.3) is 0 Å². The van der Waals surface area contributed by atoms with E-state index >= 15 is 0 Å². The summed E-state index contributed by atoms with van der Waals surface area (Å²) >= 11 is 1.11. The van der Waals surface area contributed by atoms with E-state index in [1.54, 1.807) is 0 Å². The summed E-state index contributed by atoms with van der Waals surface area (Å²) < 4.78 is 3.71. The minimum Gasteiger partial charge on any atom is -0.321 e. The maximum atomic E-state index is 12.1. The van der Waals surface area contributed by atoms with Crippen LogP contribution in [0, 0.1) is 0 Å². The van der Waals surface area contributed by atoms with E-state index in [0.29, 0.717) is 4.88 Å². The van der Waals surface area contributed by atoms with Crippen molar-refractivity contribution in [3.8, 4) is 0 Å². The zero-order valence-electron chi connectivity index (χ0n) is 11.1. The first kappa shape index (κ1) is 13.2. The lowest BCUT2D eigenvalue weighted by atomic mass is 10.1. The van der Waals surface area contributed by atoms with Gasteiger partial charge in [-0.25, -0.2) is 0 Å². The maximum absolute atomic E-state index is 12.1. The molecule has 6 heteroatoms. The Morgan fingerprint density at radius 2 is 2.10 bits per heavy atom. The maximum Gasteiger partial charge on any atom is 0.269 e. The minimum absolute atomic E-state index is 0.145. The Labute approximate surface area is 121 Å². The fourth-order valence-electron chi connectivity index (χ4n) is 2.41. The van der Waals surface area contributed by atoms with Crippen LogP contribution < -0.4 is 5.32 Å². The number of anilines is 1. The van der Waals surface area contributed by atoms with Crippen molar-refractivity contribution in [2.45, 2.75) is 19.4 Å². The van der Waals surface area contributed by atoms with Gasteiger partial charge in [0.2, 0.25) is 0 Å². The number of carbonyl (C=O) groups is 1. The van der Waals surface area contributed by atoms with Gasteiger partial charge in [-0.1, -0.05) is 22.7 Å². The Morgan fingerprint density at radius 1 is 1.30 bits per heavy atom. The van der Waals surface area contributed by atoms with Gasteiger partial charge < -0.3 is 5.32 Å². The van der Waals surface area contributed by atoms with Crippen LogP contribution in [0.1, 0.15) is 28.1 Å². The van der Waals surface area contributed by atoms with Crippen LogP contribution in [0.4, 0.5) is 5.69 Å². The molecule has 2 aromatic rings. The Balaban J connectivity index is 1.73. The summed E-state index contributed by atoms with van der Waals surface area (Å²) in [5, 5.41) is 6.64. The van der Waals surface area contributed by atoms with Gasteiger partial charge in [0.1, 0.15) is 4.88 Å². The third-order valence-corrected chi connectivity index (χ3v) is 4.11. The van der Waals surface area contributed by atoms with Gasteiger partial charge in [0.25, 0.3) is 5.91 Å². The summed E-state index contributed by atoms with van der Waals surface area (Å²) in [4.78, 5) is 15.0. The second kappa shape index (κ2) is 6.11. The lowest BCUT2D eigenvalue weighted by Gasteiger charge is -2.17. The molecule has 1 aliphatic rings. The molecule has 3 rings (SSSR count). The molecular weight excluding hydrogens is 272 g/mol. The van der Waals surface area contributed by atoms with Crippen LogP contribution in [0.3, 0.4) is 0 Å². The quantitative estimate of drug-likeness (QED) is 0.938. The predicted octanol–water partition coefficient (Wildman–Crippen LogP) is 2.39. The van der Waals surface area contributed by atoms with E-state index in [9.17, 15) is 4.79 Å². The lowest BCUT2D eigenvalue weighted by Crippen LogP contribution is -2.20. The number of nitrogens with zero attached hydrogens (tertiary/aromatic N) is 3. The molecular formula is C14H16N4OS. The average Bonchev–Trinajstić information content (AvgIpc) is 3.13. The Kier molecular flexibility index (Phi) is 4.03. The molecule has 0 bridgehead atoms. The highest BCUT2D eigenvalue weighted by Crippen LogP contribution is 2.20. The van der Waals surface area contributed by atoms with Crippen molar-refractivity contribution >= 4 is 23.1 Å². The van der Waals surface area contributed by atoms with E-state index < -0.39 is 0 Å². The first-order chi connectivity index (χ1) is 9.83. The molecule has 0 saturated carbocycles. The second-order valence-electron chi connectivity index (χ2n) is 4.88. The van der Waals surface area contributed by atoms with Crippen LogP contribution >= 0.6 is 11.5 Å². The van der Waals surface area contributed by atoms with Crippen molar-refractivity contribution in [2.24, 2.45) is 0 Å². The first-order valence-electron chi connectivity index (χ1n) is 6.72. The number of hydrogen-bond acceptors (Lipinski definition) is 5. The summed E-state index contributed by atoms with van der Waals surface area (Å²) in [6.07, 6.45) is 4.02. The standard InChI is InChI=1S/C14H16N4OS/c19-14(13-9-15-17-20-13)16-12-6-2-1-5-11(12)10-18-7-3-4-8-18/h1-2,5-6,9H,3-4,7-8,10H2,(H,16,19). The molecule has 1 saturated heterocycles. The molecule has 0 radical (unpaired) electrons. The van der Waals surface area contributed by atoms with E-state index in [2.05, 4.69) is 25.9 Å². The number of carbonyl (C=O) groups excluding carboxylic acids is 1. The number of amides is 1. The predicted molar refractivity (Wildman–Crippen MR) is 78.8 cm³/mol. The fourth-order valence-corrected chi connectivity index (χ4v) is 2.82. The van der Waals surface area contributed by atoms with Gasteiger partial charge >= 0.3 is 0 Å². The third-order valence-electron chi connectivity index (χ3n) is 3.44. The van der Waals surface area contributed by atoms with Crippen molar-refractivity contribution in [1.82, 2.24) is 14.5 Å². The number of aromatic nitrogens is 2. The molecule has 1 fully saturated rings. The van der Waals surface area contributed by atoms with Gasteiger partial charge in [0.05, 0.1) is 6.20 Å². The number of benzene rings is 1. The van der Waals surface area contributed by atoms with Crippen LogP contribution in [-0.4, -0.2) is 33.5 Å². The van der Waals surface area contributed by atoms with Crippen LogP contribution in [-0.2, 0) is 6.54 Å². The third kappa shape index (κ3) is 3.02. The largest absolute Gasteiger partial charge is 0.321 e. The van der Waals surface area contributed by atoms with Crippen molar-refractivity contribution in [1.29, 1.82) is 0 Å². The fraction of sp³-hybridized carbons (Fsp3) is 0.357. The average molecular weight is 288 g/mol. The number of nitrogens with one attached hydrogen (secondary N) is 1. The number of para-hydroxylation sites is 1. The molecule has 20 heavy (non-hydrogen) atoms. The molecule has 5 nitrogen and oxygen atoms in total. The SMILES string of the molecule is O=C(Nc1ccccc1CN1CCCC1)c1cnns1. The summed E-state index contributed by atoms with van der Waals surface area (Å²) in [6.45, 7) is 3.17. The second-order valence-corrected chi connectivity index (χ2v) is 5.66. The summed E-state index contributed by atoms with van der Waals surface area (Å²) in [5.41, 5.74) is 2.03. The van der Waals surface area contributed by atoms with E-state index in [0.717, 1.165) is 42.4 Å². The molecule has 0 unspecified atom stereocenters. The summed E-state index contributed by atoms with van der Waals surface area (Å²) in [6, 6.07) is 7.96. The highest BCUT2D eigenvalue weighted by atomic mass is 32.1. The van der Waals surface area contributed by atoms with Crippen molar-refractivity contribution in [3.63, 3.8) is 0 Å². The van der Waals surface area contributed by atoms with E-state index in [4.69, 9.17) is 0 Å². The summed E-state index contributed by atoms with van der Waals surface area (Å²) in [7, 11) is 0. The normalized spacial score (nSPS) is 15.4. The molecule has 0 spiro atoms. The highest BCUT2D eigenvalue weighted by Gasteiger charge is 2.15. The van der Waals surface area contributed by atoms with E-state index in [1.807, 2.05) is 18.2 Å². The highest BCUT2D eigenvalue weighted by molar-refractivity contribution is 7.07. The van der Waals surface area contributed by atoms with Crippen molar-refractivity contribution < 1.29 is 4.79 Å². The van der Waals surface area contributed by atoms with E-state index in [-0.39, 0.29) is 5.91 Å². The van der Waals surface area contributed by atoms with Crippen LogP contribution in [0.15, 0.2) is 30.5 Å². The lowest BCUT2D eigenvalue weighted by molar-refractivity contribution is 0.103. The minimum atomic E-state index is -0.145. The van der Waals surface area contributed by atoms with Gasteiger partial charge in [-0.15, -0.1) is 5.10 Å². The van der Waals surface area contributed by atoms with Gasteiger partial charge in [0.15, 0.2) is 0 Å². The molecule has 1 aliphatic heterocycles. The molecule has 1 amide bonds. The molecule has 1 aromatic heterocycles. The summed E-state index contributed by atoms with van der Waals surface area (Å²) in [5.74, 6) is -0.145. The molecule has 0 atom stereocenters. The first-order valence-corrected chi connectivity index (χ1v) is 7.49. The Hall–Kier alpha value is -1.79. The van der Waals surface area contributed by atoms with Crippen molar-refractivity contribution in [2.75, 3.05) is 18.4 Å². The number of rotatable bonds is 4. The van der Waals surface area contributed by atoms with Crippen LogP contribution in [0.5, 0.6) is 0 Å². The van der Waals surface area contributed by atoms with Gasteiger partial charge in [-0.05, 0) is 49.1 Å². The monoisotopic (exact) mass is 288 g/mol. The van der Waals surface area contributed by atoms with Crippen LogP contribution in [0.2, 0.25) is 0 Å². The van der Waals surface area contributed by atoms with E-state index in [1.165, 1.54) is 19.0 Å². The smallest absolute Gasteiger partial charge is 0.269 e. The molecule has 2 heterocycles. The van der Waals surface area contributed by atoms with Gasteiger partial charge in [-0.3, -0.25) is 9.69 Å². The topological polar surface area (TPSA) is 58.1 Å². The molecule has 104 valence electrons. The molecule has 0 aliphatic carbocycles.